The van der Waals surface area contributed by atoms with E-state index in [-0.39, 0.29) is 6.61 Å². The summed E-state index contributed by atoms with van der Waals surface area (Å²) in [5.41, 5.74) is 1.82. The van der Waals surface area contributed by atoms with Crippen molar-refractivity contribution < 1.29 is 23.5 Å². The first-order chi connectivity index (χ1) is 10.1. The van der Waals surface area contributed by atoms with Crippen LogP contribution in [0, 0.1) is 13.8 Å². The Morgan fingerprint density at radius 1 is 1.24 bits per heavy atom. The van der Waals surface area contributed by atoms with Gasteiger partial charge in [0.05, 0.1) is 25.5 Å². The number of hydrogen-bond acceptors (Lipinski definition) is 6. The number of benzene rings is 1. The van der Waals surface area contributed by atoms with Crippen molar-refractivity contribution >= 4 is 5.97 Å². The molecule has 0 aliphatic heterocycles. The summed E-state index contributed by atoms with van der Waals surface area (Å²) >= 11 is 0. The van der Waals surface area contributed by atoms with Gasteiger partial charge in [0.15, 0.2) is 0 Å². The molecule has 21 heavy (non-hydrogen) atoms. The van der Waals surface area contributed by atoms with Crippen LogP contribution in [0.1, 0.15) is 27.4 Å². The van der Waals surface area contributed by atoms with E-state index in [1.54, 1.807) is 39.2 Å². The minimum atomic E-state index is -0.477. The average Bonchev–Trinajstić information content (AvgIpc) is 2.82. The number of nitrogens with zero attached hydrogens (tertiary/aromatic N) is 1. The zero-order chi connectivity index (χ0) is 15.4. The maximum Gasteiger partial charge on any atom is 0.342 e. The molecule has 0 unspecified atom stereocenters. The fourth-order valence-corrected chi connectivity index (χ4v) is 1.89. The maximum atomic E-state index is 12.1. The van der Waals surface area contributed by atoms with Gasteiger partial charge in [-0.2, -0.15) is 0 Å². The highest BCUT2D eigenvalue weighted by Crippen LogP contribution is 2.25. The van der Waals surface area contributed by atoms with E-state index in [9.17, 15) is 4.79 Å². The molecule has 2 aromatic rings. The Kier molecular flexibility index (Phi) is 4.47. The van der Waals surface area contributed by atoms with Crippen molar-refractivity contribution in [3.8, 4) is 11.5 Å². The number of aromatic nitrogens is 1. The van der Waals surface area contributed by atoms with Gasteiger partial charge in [-0.1, -0.05) is 5.16 Å². The summed E-state index contributed by atoms with van der Waals surface area (Å²) in [7, 11) is 3.03. The number of carbonyl (C=O) groups is 1. The fourth-order valence-electron chi connectivity index (χ4n) is 1.89. The van der Waals surface area contributed by atoms with E-state index in [4.69, 9.17) is 18.7 Å². The maximum absolute atomic E-state index is 12.1. The van der Waals surface area contributed by atoms with E-state index in [0.717, 1.165) is 5.56 Å². The molecule has 0 aliphatic carbocycles. The largest absolute Gasteiger partial charge is 0.497 e. The lowest BCUT2D eigenvalue weighted by Crippen LogP contribution is -2.08. The van der Waals surface area contributed by atoms with Gasteiger partial charge >= 0.3 is 5.97 Å². The lowest BCUT2D eigenvalue weighted by atomic mass is 10.2. The zero-order valence-corrected chi connectivity index (χ0v) is 12.4. The zero-order valence-electron chi connectivity index (χ0n) is 12.4. The Hall–Kier alpha value is -2.50. The average molecular weight is 291 g/mol. The molecule has 1 aromatic heterocycles. The Labute approximate surface area is 122 Å². The van der Waals surface area contributed by atoms with Crippen LogP contribution in [0.4, 0.5) is 0 Å². The highest BCUT2D eigenvalue weighted by Gasteiger charge is 2.17. The number of rotatable bonds is 5. The van der Waals surface area contributed by atoms with Crippen LogP contribution in [-0.4, -0.2) is 25.3 Å². The highest BCUT2D eigenvalue weighted by atomic mass is 16.5. The molecule has 1 aromatic carbocycles. The predicted molar refractivity (Wildman–Crippen MR) is 74.6 cm³/mol. The van der Waals surface area contributed by atoms with Crippen LogP contribution in [0.3, 0.4) is 0 Å². The lowest BCUT2D eigenvalue weighted by molar-refractivity contribution is 0.0467. The Morgan fingerprint density at radius 2 is 2.00 bits per heavy atom. The Balaban J connectivity index is 2.13. The van der Waals surface area contributed by atoms with Gasteiger partial charge in [0, 0.05) is 6.07 Å². The van der Waals surface area contributed by atoms with Crippen LogP contribution in [-0.2, 0) is 11.3 Å². The second-order valence-electron chi connectivity index (χ2n) is 4.45. The molecule has 0 atom stereocenters. The van der Waals surface area contributed by atoms with Crippen molar-refractivity contribution in [2.24, 2.45) is 0 Å². The van der Waals surface area contributed by atoms with Crippen molar-refractivity contribution in [3.63, 3.8) is 0 Å². The van der Waals surface area contributed by atoms with Gasteiger partial charge in [-0.25, -0.2) is 4.79 Å². The van der Waals surface area contributed by atoms with Crippen molar-refractivity contribution in [1.82, 2.24) is 5.16 Å². The van der Waals surface area contributed by atoms with Gasteiger partial charge in [0.1, 0.15) is 29.4 Å². The monoisotopic (exact) mass is 291 g/mol. The molecule has 0 N–H and O–H groups in total. The highest BCUT2D eigenvalue weighted by molar-refractivity contribution is 5.92. The van der Waals surface area contributed by atoms with Gasteiger partial charge < -0.3 is 18.7 Å². The van der Waals surface area contributed by atoms with E-state index in [1.165, 1.54) is 7.11 Å². The van der Waals surface area contributed by atoms with Gasteiger partial charge in [-0.15, -0.1) is 0 Å². The smallest absolute Gasteiger partial charge is 0.342 e. The molecule has 0 saturated heterocycles. The van der Waals surface area contributed by atoms with Crippen LogP contribution in [0.15, 0.2) is 22.7 Å². The molecule has 0 aliphatic rings. The summed E-state index contributed by atoms with van der Waals surface area (Å²) in [4.78, 5) is 12.1. The summed E-state index contributed by atoms with van der Waals surface area (Å²) < 4.78 is 20.6. The van der Waals surface area contributed by atoms with E-state index >= 15 is 0 Å². The van der Waals surface area contributed by atoms with E-state index in [2.05, 4.69) is 5.16 Å². The first kappa shape index (κ1) is 14.9. The summed E-state index contributed by atoms with van der Waals surface area (Å²) in [6.07, 6.45) is 0. The van der Waals surface area contributed by atoms with Crippen LogP contribution in [0.2, 0.25) is 0 Å². The number of aryl methyl sites for hydroxylation is 2. The predicted octanol–water partition coefficient (Wildman–Crippen LogP) is 2.67. The molecular weight excluding hydrogens is 274 g/mol. The molecule has 0 amide bonds. The van der Waals surface area contributed by atoms with E-state index in [1.807, 2.05) is 0 Å². The standard InChI is InChI=1S/C15H17NO5/c1-9-13(10(2)21-16-9)8-20-15(17)12-6-5-11(18-3)7-14(12)19-4/h5-7H,8H2,1-4H3. The van der Waals surface area contributed by atoms with Crippen molar-refractivity contribution in [2.75, 3.05) is 14.2 Å². The summed E-state index contributed by atoms with van der Waals surface area (Å²) in [6, 6.07) is 4.91. The van der Waals surface area contributed by atoms with Crippen LogP contribution < -0.4 is 9.47 Å². The minimum absolute atomic E-state index is 0.106. The Morgan fingerprint density at radius 3 is 2.57 bits per heavy atom. The second-order valence-corrected chi connectivity index (χ2v) is 4.45. The molecule has 6 heteroatoms. The van der Waals surface area contributed by atoms with E-state index in [0.29, 0.717) is 28.5 Å². The molecule has 1 heterocycles. The molecule has 0 spiro atoms. The summed E-state index contributed by atoms with van der Waals surface area (Å²) in [5, 5.41) is 3.82. The molecule has 112 valence electrons. The van der Waals surface area contributed by atoms with Gasteiger partial charge in [-0.05, 0) is 26.0 Å². The molecule has 0 radical (unpaired) electrons. The van der Waals surface area contributed by atoms with Crippen LogP contribution in [0.25, 0.3) is 0 Å². The summed E-state index contributed by atoms with van der Waals surface area (Å²) in [6.45, 7) is 3.68. The third-order valence-corrected chi connectivity index (χ3v) is 3.16. The van der Waals surface area contributed by atoms with Crippen molar-refractivity contribution in [3.05, 3.63) is 40.8 Å². The third kappa shape index (κ3) is 3.16. The van der Waals surface area contributed by atoms with Crippen LogP contribution in [0.5, 0.6) is 11.5 Å². The fraction of sp³-hybridized carbons (Fsp3) is 0.333. The minimum Gasteiger partial charge on any atom is -0.497 e. The Bertz CT molecular complexity index is 628. The van der Waals surface area contributed by atoms with Gasteiger partial charge in [-0.3, -0.25) is 0 Å². The SMILES string of the molecule is COc1ccc(C(=O)OCc2c(C)noc2C)c(OC)c1. The number of hydrogen-bond donors (Lipinski definition) is 0. The second kappa shape index (κ2) is 6.30. The topological polar surface area (TPSA) is 70.8 Å². The van der Waals surface area contributed by atoms with Crippen LogP contribution >= 0.6 is 0 Å². The molecule has 0 fully saturated rings. The molecule has 0 bridgehead atoms. The first-order valence-corrected chi connectivity index (χ1v) is 6.37. The molecule has 6 nitrogen and oxygen atoms in total. The number of esters is 1. The summed E-state index contributed by atoms with van der Waals surface area (Å²) in [5.74, 6) is 1.17. The van der Waals surface area contributed by atoms with Gasteiger partial charge in [0.2, 0.25) is 0 Å². The van der Waals surface area contributed by atoms with Gasteiger partial charge in [0.25, 0.3) is 0 Å². The lowest BCUT2D eigenvalue weighted by Gasteiger charge is -2.10. The molecule has 2 rings (SSSR count). The number of carbonyl (C=O) groups excluding carboxylic acids is 1. The normalized spacial score (nSPS) is 10.3. The number of ether oxygens (including phenoxy) is 3. The molecular formula is C15H17NO5. The van der Waals surface area contributed by atoms with Crippen molar-refractivity contribution in [1.29, 1.82) is 0 Å². The third-order valence-electron chi connectivity index (χ3n) is 3.16. The van der Waals surface area contributed by atoms with E-state index < -0.39 is 5.97 Å². The van der Waals surface area contributed by atoms with Crippen molar-refractivity contribution in [2.45, 2.75) is 20.5 Å². The molecule has 0 saturated carbocycles. The quantitative estimate of drug-likeness (QED) is 0.789. The number of methoxy groups -OCH3 is 2. The first-order valence-electron chi connectivity index (χ1n) is 6.37.